The fraction of sp³-hybridized carbons (Fsp3) is 0.609. The Morgan fingerprint density at radius 2 is 2.00 bits per heavy atom. The quantitative estimate of drug-likeness (QED) is 0.433. The lowest BCUT2D eigenvalue weighted by Gasteiger charge is -2.38. The molecule has 2 fully saturated rings. The van der Waals surface area contributed by atoms with Crippen LogP contribution in [-0.4, -0.2) is 58.9 Å². The van der Waals surface area contributed by atoms with Crippen molar-refractivity contribution in [1.29, 1.82) is 0 Å². The number of rotatable bonds is 7. The summed E-state index contributed by atoms with van der Waals surface area (Å²) in [6.45, 7) is 6.71. The molecule has 1 N–H and O–H groups in total. The van der Waals surface area contributed by atoms with Crippen LogP contribution in [0.4, 0.5) is 5.69 Å². The van der Waals surface area contributed by atoms with Gasteiger partial charge in [-0.15, -0.1) is 10.2 Å². The highest BCUT2D eigenvalue weighted by Gasteiger charge is 2.43. The van der Waals surface area contributed by atoms with Crippen molar-refractivity contribution in [1.82, 2.24) is 25.0 Å². The molecule has 1 aromatic carbocycles. The smallest absolute Gasteiger partial charge is 0.194 e. The van der Waals surface area contributed by atoms with Crippen LogP contribution >= 0.6 is 0 Å². The summed E-state index contributed by atoms with van der Waals surface area (Å²) in [5, 5.41) is 12.1. The van der Waals surface area contributed by atoms with Crippen LogP contribution in [0.3, 0.4) is 0 Å². The number of aliphatic imine (C=N–C) groups is 1. The Kier molecular flexibility index (Phi) is 6.25. The Hall–Kier alpha value is -2.57. The first kappa shape index (κ1) is 20.7. The van der Waals surface area contributed by atoms with Crippen molar-refractivity contribution < 1.29 is 0 Å². The molecule has 162 valence electrons. The first-order valence-corrected chi connectivity index (χ1v) is 11.2. The van der Waals surface area contributed by atoms with E-state index < -0.39 is 0 Å². The highest BCUT2D eigenvalue weighted by Crippen LogP contribution is 2.47. The number of likely N-dealkylation sites (tertiary alicyclic amines) is 1. The molecule has 1 saturated heterocycles. The van der Waals surface area contributed by atoms with Gasteiger partial charge in [-0.3, -0.25) is 0 Å². The van der Waals surface area contributed by atoms with Crippen LogP contribution in [-0.2, 0) is 13.6 Å². The molecule has 0 radical (unpaired) electrons. The molecule has 0 atom stereocenters. The summed E-state index contributed by atoms with van der Waals surface area (Å²) in [5.74, 6) is 2.86. The van der Waals surface area contributed by atoms with Gasteiger partial charge < -0.3 is 19.7 Å². The summed E-state index contributed by atoms with van der Waals surface area (Å²) >= 11 is 0. The van der Waals surface area contributed by atoms with E-state index in [0.29, 0.717) is 12.0 Å². The summed E-state index contributed by atoms with van der Waals surface area (Å²) < 4.78 is 2.02. The lowest BCUT2D eigenvalue weighted by molar-refractivity contribution is 0.151. The number of hydrogen-bond acceptors (Lipinski definition) is 4. The number of hydrogen-bond donors (Lipinski definition) is 1. The Morgan fingerprint density at radius 1 is 1.20 bits per heavy atom. The minimum absolute atomic E-state index is 0.553. The lowest BCUT2D eigenvalue weighted by Crippen LogP contribution is -2.43. The van der Waals surface area contributed by atoms with Gasteiger partial charge in [0, 0.05) is 46.0 Å². The van der Waals surface area contributed by atoms with Gasteiger partial charge in [0.25, 0.3) is 0 Å². The van der Waals surface area contributed by atoms with E-state index in [1.165, 1.54) is 31.4 Å². The normalized spacial score (nSPS) is 18.0. The third kappa shape index (κ3) is 4.60. The molecule has 1 spiro atoms. The van der Waals surface area contributed by atoms with Gasteiger partial charge in [-0.2, -0.15) is 0 Å². The van der Waals surface area contributed by atoms with E-state index in [1.807, 2.05) is 18.5 Å². The van der Waals surface area contributed by atoms with E-state index in [4.69, 9.17) is 4.99 Å². The first-order chi connectivity index (χ1) is 14.6. The molecule has 30 heavy (non-hydrogen) atoms. The number of nitrogens with one attached hydrogen (secondary N) is 1. The van der Waals surface area contributed by atoms with Gasteiger partial charge in [-0.25, -0.2) is 4.99 Å². The van der Waals surface area contributed by atoms with E-state index >= 15 is 0 Å². The number of anilines is 1. The summed E-state index contributed by atoms with van der Waals surface area (Å²) in [7, 11) is 4.16. The van der Waals surface area contributed by atoms with Crippen LogP contribution < -0.4 is 10.2 Å². The Morgan fingerprint density at radius 3 is 2.63 bits per heavy atom. The number of guanidine groups is 1. The predicted molar refractivity (Wildman–Crippen MR) is 122 cm³/mol. The second kappa shape index (κ2) is 9.06. The molecular weight excluding hydrogens is 374 g/mol. The molecule has 0 unspecified atom stereocenters. The van der Waals surface area contributed by atoms with Gasteiger partial charge in [-0.1, -0.05) is 24.6 Å². The molecule has 7 heteroatoms. The zero-order valence-corrected chi connectivity index (χ0v) is 18.6. The first-order valence-electron chi connectivity index (χ1n) is 11.2. The molecule has 7 nitrogen and oxygen atoms in total. The minimum atomic E-state index is 0.553. The average molecular weight is 410 g/mol. The molecular formula is C23H35N7. The lowest BCUT2D eigenvalue weighted by atomic mass is 9.68. The van der Waals surface area contributed by atoms with Crippen molar-refractivity contribution in [2.45, 2.75) is 45.6 Å². The Balaban J connectivity index is 1.35. The molecule has 1 saturated carbocycles. The average Bonchev–Trinajstić information content (AvgIpc) is 3.33. The maximum atomic E-state index is 4.94. The standard InChI is InChI=1S/C23H35N7/c1-19-26-27-21(29(19)3)17-25-22(30-16-13-23(18-30)11-7-12-23)24-14-8-15-28(2)20-9-5-4-6-10-20/h4-6,9-10H,7-8,11-18H2,1-3H3,(H,24,25). The largest absolute Gasteiger partial charge is 0.375 e. The van der Waals surface area contributed by atoms with Gasteiger partial charge in [-0.05, 0) is 50.2 Å². The number of aryl methyl sites for hydroxylation is 1. The molecule has 0 amide bonds. The highest BCUT2D eigenvalue weighted by atomic mass is 15.3. The molecule has 0 bridgehead atoms. The Labute approximate surface area is 180 Å². The topological polar surface area (TPSA) is 61.6 Å². The molecule has 1 aromatic heterocycles. The van der Waals surface area contributed by atoms with E-state index in [9.17, 15) is 0 Å². The SMILES string of the molecule is Cc1nnc(CN=C(NCCCN(C)c2ccccc2)N2CCC3(CCC3)C2)n1C. The van der Waals surface area contributed by atoms with E-state index in [0.717, 1.165) is 50.2 Å². The summed E-state index contributed by atoms with van der Waals surface area (Å²) in [5.41, 5.74) is 1.81. The Bertz CT molecular complexity index is 854. The maximum absolute atomic E-state index is 4.94. The van der Waals surface area contributed by atoms with Crippen molar-refractivity contribution in [3.63, 3.8) is 0 Å². The van der Waals surface area contributed by atoms with E-state index in [2.05, 4.69) is 62.7 Å². The van der Waals surface area contributed by atoms with Crippen LogP contribution in [0.5, 0.6) is 0 Å². The van der Waals surface area contributed by atoms with Crippen LogP contribution in [0.1, 0.15) is 43.8 Å². The molecule has 2 aliphatic rings. The summed E-state index contributed by atoms with van der Waals surface area (Å²) in [4.78, 5) is 9.71. The second-order valence-corrected chi connectivity index (χ2v) is 8.92. The van der Waals surface area contributed by atoms with Gasteiger partial charge in [0.05, 0.1) is 0 Å². The number of nitrogens with zero attached hydrogens (tertiary/aromatic N) is 6. The van der Waals surface area contributed by atoms with E-state index in [1.54, 1.807) is 0 Å². The molecule has 2 aromatic rings. The van der Waals surface area contributed by atoms with Crippen LogP contribution in [0.25, 0.3) is 0 Å². The third-order valence-electron chi connectivity index (χ3n) is 6.86. The van der Waals surface area contributed by atoms with Crippen molar-refractivity contribution in [3.05, 3.63) is 42.0 Å². The second-order valence-electron chi connectivity index (χ2n) is 8.92. The highest BCUT2D eigenvalue weighted by molar-refractivity contribution is 5.80. The molecule has 1 aliphatic heterocycles. The van der Waals surface area contributed by atoms with Crippen molar-refractivity contribution in [2.24, 2.45) is 17.5 Å². The maximum Gasteiger partial charge on any atom is 0.194 e. The zero-order valence-electron chi connectivity index (χ0n) is 18.6. The monoisotopic (exact) mass is 409 g/mol. The van der Waals surface area contributed by atoms with Gasteiger partial charge in [0.15, 0.2) is 11.8 Å². The number of para-hydroxylation sites is 1. The van der Waals surface area contributed by atoms with Crippen LogP contribution in [0.2, 0.25) is 0 Å². The number of benzene rings is 1. The van der Waals surface area contributed by atoms with Crippen LogP contribution in [0, 0.1) is 12.3 Å². The fourth-order valence-corrected chi connectivity index (χ4v) is 4.53. The summed E-state index contributed by atoms with van der Waals surface area (Å²) in [6.07, 6.45) is 6.50. The fourth-order valence-electron chi connectivity index (χ4n) is 4.53. The van der Waals surface area contributed by atoms with Gasteiger partial charge in [0.1, 0.15) is 12.4 Å². The summed E-state index contributed by atoms with van der Waals surface area (Å²) in [6, 6.07) is 10.6. The zero-order chi connectivity index (χ0) is 21.0. The number of aromatic nitrogens is 3. The van der Waals surface area contributed by atoms with Crippen molar-refractivity contribution in [2.75, 3.05) is 38.1 Å². The third-order valence-corrected chi connectivity index (χ3v) is 6.86. The van der Waals surface area contributed by atoms with Crippen molar-refractivity contribution in [3.8, 4) is 0 Å². The van der Waals surface area contributed by atoms with E-state index in [-0.39, 0.29) is 0 Å². The predicted octanol–water partition coefficient (Wildman–Crippen LogP) is 2.97. The molecule has 1 aliphatic carbocycles. The minimum Gasteiger partial charge on any atom is -0.375 e. The van der Waals surface area contributed by atoms with Gasteiger partial charge in [0.2, 0.25) is 0 Å². The molecule has 2 heterocycles. The molecule has 4 rings (SSSR count). The van der Waals surface area contributed by atoms with Crippen LogP contribution in [0.15, 0.2) is 35.3 Å². The van der Waals surface area contributed by atoms with Gasteiger partial charge >= 0.3 is 0 Å². The van der Waals surface area contributed by atoms with Crippen molar-refractivity contribution >= 4 is 11.6 Å².